The van der Waals surface area contributed by atoms with Crippen LogP contribution in [0.4, 0.5) is 14.5 Å². The minimum Gasteiger partial charge on any atom is -0.446 e. The second-order valence-corrected chi connectivity index (χ2v) is 7.81. The molecule has 32 heavy (non-hydrogen) atoms. The van der Waals surface area contributed by atoms with Gasteiger partial charge in [0.2, 0.25) is 5.76 Å². The molecule has 0 spiro atoms. The summed E-state index contributed by atoms with van der Waals surface area (Å²) in [7, 11) is 1.68. The van der Waals surface area contributed by atoms with Crippen LogP contribution >= 0.6 is 0 Å². The number of primary amides is 1. The van der Waals surface area contributed by atoms with Crippen molar-refractivity contribution in [3.63, 3.8) is 0 Å². The lowest BCUT2D eigenvalue weighted by Crippen LogP contribution is -2.32. The summed E-state index contributed by atoms with van der Waals surface area (Å²) in [5.41, 5.74) is 6.05. The van der Waals surface area contributed by atoms with Crippen LogP contribution in [-0.2, 0) is 11.3 Å². The van der Waals surface area contributed by atoms with Gasteiger partial charge in [0, 0.05) is 31.3 Å². The Morgan fingerprint density at radius 1 is 1.28 bits per heavy atom. The predicted molar refractivity (Wildman–Crippen MR) is 114 cm³/mol. The molecule has 0 saturated carbocycles. The van der Waals surface area contributed by atoms with E-state index in [-0.39, 0.29) is 16.7 Å². The van der Waals surface area contributed by atoms with Gasteiger partial charge in [-0.05, 0) is 43.1 Å². The summed E-state index contributed by atoms with van der Waals surface area (Å²) in [5, 5.41) is 2.45. The molecule has 3 N–H and O–H groups in total. The molecule has 1 fully saturated rings. The van der Waals surface area contributed by atoms with Crippen molar-refractivity contribution >= 4 is 28.5 Å². The Kier molecular flexibility index (Phi) is 6.20. The van der Waals surface area contributed by atoms with Crippen molar-refractivity contribution in [2.24, 2.45) is 5.73 Å². The first kappa shape index (κ1) is 21.9. The minimum atomic E-state index is -1.01. The normalized spacial score (nSPS) is 16.5. The van der Waals surface area contributed by atoms with E-state index in [2.05, 4.69) is 10.2 Å². The van der Waals surface area contributed by atoms with E-state index in [1.165, 1.54) is 0 Å². The topological polar surface area (TPSA) is 97.8 Å². The first-order valence-corrected chi connectivity index (χ1v) is 10.2. The number of nitrogens with zero attached hydrogens (tertiary/aromatic N) is 1. The molecule has 0 aliphatic carbocycles. The summed E-state index contributed by atoms with van der Waals surface area (Å²) in [6, 6.07) is 8.97. The molecule has 2 aromatic carbocycles. The lowest BCUT2D eigenvalue weighted by molar-refractivity contribution is 0.0977. The largest absolute Gasteiger partial charge is 0.446 e. The fourth-order valence-electron chi connectivity index (χ4n) is 4.14. The maximum absolute atomic E-state index is 14.1. The van der Waals surface area contributed by atoms with E-state index >= 15 is 0 Å². The molecule has 1 atom stereocenters. The van der Waals surface area contributed by atoms with Gasteiger partial charge in [0.1, 0.15) is 11.5 Å². The fourth-order valence-corrected chi connectivity index (χ4v) is 4.14. The average Bonchev–Trinajstić information content (AvgIpc) is 3.33. The number of carbonyl (C=O) groups excluding carboxylic acids is 2. The molecule has 1 aliphatic heterocycles. The Morgan fingerprint density at radius 2 is 2.09 bits per heavy atom. The van der Waals surface area contributed by atoms with Crippen LogP contribution in [0, 0.1) is 11.6 Å². The molecule has 3 aromatic rings. The molecule has 1 aromatic heterocycles. The van der Waals surface area contributed by atoms with E-state index in [0.29, 0.717) is 30.8 Å². The van der Waals surface area contributed by atoms with Crippen molar-refractivity contribution in [3.8, 4) is 0 Å². The average molecular weight is 443 g/mol. The van der Waals surface area contributed by atoms with Crippen LogP contribution in [0.5, 0.6) is 0 Å². The van der Waals surface area contributed by atoms with Crippen LogP contribution in [0.2, 0.25) is 0 Å². The van der Waals surface area contributed by atoms with Crippen LogP contribution in [0.1, 0.15) is 39.3 Å². The van der Waals surface area contributed by atoms with Gasteiger partial charge in [-0.25, -0.2) is 8.78 Å². The molecule has 168 valence electrons. The van der Waals surface area contributed by atoms with Crippen LogP contribution in [0.3, 0.4) is 0 Å². The van der Waals surface area contributed by atoms with Gasteiger partial charge in [-0.2, -0.15) is 0 Å². The van der Waals surface area contributed by atoms with E-state index in [9.17, 15) is 18.4 Å². The Labute approximate surface area is 183 Å². The molecule has 9 heteroatoms. The number of likely N-dealkylation sites (tertiary alicyclic amines) is 1. The molecule has 0 unspecified atom stereocenters. The van der Waals surface area contributed by atoms with Gasteiger partial charge in [0.15, 0.2) is 11.4 Å². The van der Waals surface area contributed by atoms with Gasteiger partial charge in [0.05, 0.1) is 12.0 Å². The highest BCUT2D eigenvalue weighted by molar-refractivity contribution is 6.14. The first-order chi connectivity index (χ1) is 15.4. The third-order valence-electron chi connectivity index (χ3n) is 5.60. The number of furan rings is 1. The highest BCUT2D eigenvalue weighted by Crippen LogP contribution is 2.33. The minimum absolute atomic E-state index is 0.0831. The van der Waals surface area contributed by atoms with Crippen molar-refractivity contribution in [2.45, 2.75) is 25.4 Å². The van der Waals surface area contributed by atoms with Gasteiger partial charge < -0.3 is 20.2 Å². The number of fused-ring (bicyclic) bond motifs is 1. The molecule has 0 bridgehead atoms. The van der Waals surface area contributed by atoms with E-state index in [1.54, 1.807) is 25.3 Å². The summed E-state index contributed by atoms with van der Waals surface area (Å²) < 4.78 is 38.3. The summed E-state index contributed by atoms with van der Waals surface area (Å²) in [5.74, 6) is -3.89. The number of ether oxygens (including phenoxy) is 1. The summed E-state index contributed by atoms with van der Waals surface area (Å²) in [6.45, 7) is 2.26. The van der Waals surface area contributed by atoms with Gasteiger partial charge in [-0.3, -0.25) is 14.5 Å². The molecular weight excluding hydrogens is 420 g/mol. The number of hydrogen-bond acceptors (Lipinski definition) is 5. The molecule has 4 rings (SSSR count). The monoisotopic (exact) mass is 443 g/mol. The van der Waals surface area contributed by atoms with Crippen molar-refractivity contribution in [1.82, 2.24) is 4.90 Å². The quantitative estimate of drug-likeness (QED) is 0.581. The third-order valence-corrected chi connectivity index (χ3v) is 5.60. The second-order valence-electron chi connectivity index (χ2n) is 7.81. The Bertz CT molecular complexity index is 1180. The van der Waals surface area contributed by atoms with Crippen LogP contribution in [0.15, 0.2) is 40.8 Å². The number of carbonyl (C=O) groups is 2. The van der Waals surface area contributed by atoms with Crippen molar-refractivity contribution in [1.29, 1.82) is 0 Å². The summed E-state index contributed by atoms with van der Waals surface area (Å²) >= 11 is 0. The number of amides is 2. The Balaban J connectivity index is 1.60. The highest BCUT2D eigenvalue weighted by atomic mass is 19.1. The van der Waals surface area contributed by atoms with Crippen LogP contribution in [-0.4, -0.2) is 43.0 Å². The van der Waals surface area contributed by atoms with E-state index < -0.39 is 29.2 Å². The fraction of sp³-hybridized carbons (Fsp3) is 0.304. The molecule has 2 heterocycles. The number of methoxy groups -OCH3 is 1. The molecule has 7 nitrogen and oxygen atoms in total. The van der Waals surface area contributed by atoms with E-state index in [4.69, 9.17) is 14.9 Å². The number of nitrogens with one attached hydrogen (secondary N) is 1. The maximum Gasteiger partial charge on any atom is 0.286 e. The zero-order chi connectivity index (χ0) is 22.8. The Morgan fingerprint density at radius 3 is 2.84 bits per heavy atom. The first-order valence-electron chi connectivity index (χ1n) is 10.2. The number of nitrogens with two attached hydrogens (primary N) is 1. The van der Waals surface area contributed by atoms with Gasteiger partial charge in [0.25, 0.3) is 11.8 Å². The van der Waals surface area contributed by atoms with E-state index in [0.717, 1.165) is 31.0 Å². The predicted octanol–water partition coefficient (Wildman–Crippen LogP) is 3.67. The molecule has 1 saturated heterocycles. The lowest BCUT2D eigenvalue weighted by atomic mass is 10.1. The summed E-state index contributed by atoms with van der Waals surface area (Å²) in [6.07, 6.45) is 2.15. The standard InChI is InChI=1S/C23H23F2N3O4/c1-31-12-16-6-3-7-28(16)11-13-4-2-5-14(8-13)23(30)27-19-17-9-15(24)10-18(25)20(17)32-21(19)22(26)29/h2,4-5,8-10,16H,3,6-7,11-12H2,1H3,(H2,26,29)(H,27,30)/t16-/m1/s1. The van der Waals surface area contributed by atoms with Gasteiger partial charge >= 0.3 is 0 Å². The van der Waals surface area contributed by atoms with Gasteiger partial charge in [-0.15, -0.1) is 0 Å². The maximum atomic E-state index is 14.1. The van der Waals surface area contributed by atoms with Crippen molar-refractivity contribution in [2.75, 3.05) is 25.6 Å². The third kappa shape index (κ3) is 4.35. The summed E-state index contributed by atoms with van der Waals surface area (Å²) in [4.78, 5) is 27.0. The van der Waals surface area contributed by atoms with Gasteiger partial charge in [-0.1, -0.05) is 12.1 Å². The number of hydrogen-bond donors (Lipinski definition) is 2. The number of anilines is 1. The molecule has 1 aliphatic rings. The zero-order valence-corrected chi connectivity index (χ0v) is 17.5. The van der Waals surface area contributed by atoms with Crippen LogP contribution < -0.4 is 11.1 Å². The zero-order valence-electron chi connectivity index (χ0n) is 17.5. The molecule has 0 radical (unpaired) electrons. The smallest absolute Gasteiger partial charge is 0.286 e. The van der Waals surface area contributed by atoms with E-state index in [1.807, 2.05) is 6.07 Å². The Hall–Kier alpha value is -3.30. The number of halogens is 2. The second kappa shape index (κ2) is 9.05. The molecular formula is C23H23F2N3O4. The SMILES string of the molecule is COC[C@H]1CCCN1Cc1cccc(C(=O)Nc2c(C(N)=O)oc3c(F)cc(F)cc23)c1. The lowest BCUT2D eigenvalue weighted by Gasteiger charge is -2.24. The van der Waals surface area contributed by atoms with Crippen molar-refractivity contribution in [3.05, 3.63) is 64.9 Å². The van der Waals surface area contributed by atoms with Crippen LogP contribution in [0.25, 0.3) is 11.0 Å². The number of rotatable bonds is 7. The molecule has 2 amide bonds. The highest BCUT2D eigenvalue weighted by Gasteiger charge is 2.26. The number of benzene rings is 2. The van der Waals surface area contributed by atoms with Crippen molar-refractivity contribution < 1.29 is 27.5 Å².